The molecule has 3 fully saturated rings. The maximum absolute atomic E-state index is 12.8. The van der Waals surface area contributed by atoms with Crippen LogP contribution in [0.1, 0.15) is 23.2 Å². The Morgan fingerprint density at radius 3 is 2.21 bits per heavy atom. The number of benzene rings is 2. The van der Waals surface area contributed by atoms with Crippen LogP contribution < -0.4 is 20.1 Å². The van der Waals surface area contributed by atoms with E-state index in [1.165, 1.54) is 0 Å². The van der Waals surface area contributed by atoms with Gasteiger partial charge >= 0.3 is 0 Å². The van der Waals surface area contributed by atoms with Gasteiger partial charge in [-0.15, -0.1) is 0 Å². The third kappa shape index (κ3) is 4.52. The lowest BCUT2D eigenvalue weighted by atomic mass is 9.84. The monoisotopic (exact) mass is 507 g/mol. The Morgan fingerprint density at radius 2 is 1.61 bits per heavy atom. The highest BCUT2D eigenvalue weighted by atomic mass is 16.5. The summed E-state index contributed by atoms with van der Waals surface area (Å²) in [5, 5.41) is 9.40. The predicted octanol–water partition coefficient (Wildman–Crippen LogP) is 4.02. The number of carbonyl (C=O) groups is 2. The first-order valence-electron chi connectivity index (χ1n) is 12.5. The number of nitriles is 1. The van der Waals surface area contributed by atoms with Gasteiger partial charge in [-0.25, -0.2) is 0 Å². The van der Waals surface area contributed by atoms with Crippen LogP contribution in [0.5, 0.6) is 23.1 Å². The fourth-order valence-electron chi connectivity index (χ4n) is 4.73. The van der Waals surface area contributed by atoms with Crippen molar-refractivity contribution in [2.24, 2.45) is 11.7 Å². The number of allylic oxidation sites excluding steroid dienone is 1. The molecule has 2 saturated heterocycles. The quantitative estimate of drug-likeness (QED) is 0.361. The van der Waals surface area contributed by atoms with Crippen LogP contribution in [0.3, 0.4) is 0 Å². The van der Waals surface area contributed by atoms with Crippen molar-refractivity contribution in [1.29, 1.82) is 5.26 Å². The highest BCUT2D eigenvalue weighted by Gasteiger charge is 2.54. The molecule has 3 heterocycles. The molecule has 9 nitrogen and oxygen atoms in total. The van der Waals surface area contributed by atoms with Crippen molar-refractivity contribution in [2.75, 3.05) is 18.0 Å². The zero-order valence-corrected chi connectivity index (χ0v) is 20.5. The maximum atomic E-state index is 12.8. The number of aromatic nitrogens is 1. The minimum absolute atomic E-state index is 0.0394. The molecule has 38 heavy (non-hydrogen) atoms. The fraction of sp³-hybridized carbons (Fsp3) is 0.241. The summed E-state index contributed by atoms with van der Waals surface area (Å²) in [7, 11) is 0. The molecule has 2 N–H and O–H groups in total. The van der Waals surface area contributed by atoms with Crippen LogP contribution in [0.15, 0.2) is 78.4 Å². The molecule has 2 aliphatic heterocycles. The number of amides is 2. The first-order valence-corrected chi connectivity index (χ1v) is 12.5. The van der Waals surface area contributed by atoms with Gasteiger partial charge in [0, 0.05) is 13.1 Å². The van der Waals surface area contributed by atoms with E-state index in [1.54, 1.807) is 47.4 Å². The molecule has 0 spiro atoms. The smallest absolute Gasteiger partial charge is 0.264 e. The molecule has 3 aromatic rings. The van der Waals surface area contributed by atoms with Gasteiger partial charge in [-0.05, 0) is 67.3 Å². The van der Waals surface area contributed by atoms with E-state index in [4.69, 9.17) is 15.2 Å². The third-order valence-corrected chi connectivity index (χ3v) is 7.07. The van der Waals surface area contributed by atoms with E-state index in [-0.39, 0.29) is 35.0 Å². The molecule has 9 heteroatoms. The number of carbonyl (C=O) groups excluding carboxylic acids is 2. The number of fused-ring (bicyclic) bond motifs is 1. The van der Waals surface area contributed by atoms with Crippen LogP contribution in [-0.4, -0.2) is 46.9 Å². The molecule has 1 saturated carbocycles. The number of rotatable bonds is 8. The molecule has 190 valence electrons. The molecule has 0 radical (unpaired) electrons. The molecule has 2 amide bonds. The highest BCUT2D eigenvalue weighted by Crippen LogP contribution is 2.39. The first kappa shape index (κ1) is 23.6. The van der Waals surface area contributed by atoms with E-state index in [0.717, 1.165) is 18.6 Å². The topological polar surface area (TPSA) is 122 Å². The second-order valence-corrected chi connectivity index (χ2v) is 9.65. The summed E-state index contributed by atoms with van der Waals surface area (Å²) in [6, 6.07) is 22.0. The molecule has 2 atom stereocenters. The predicted molar refractivity (Wildman–Crippen MR) is 139 cm³/mol. The molecule has 2 aromatic carbocycles. The summed E-state index contributed by atoms with van der Waals surface area (Å²) >= 11 is 0. The maximum Gasteiger partial charge on any atom is 0.264 e. The Balaban J connectivity index is 1.14. The zero-order valence-electron chi connectivity index (χ0n) is 20.5. The van der Waals surface area contributed by atoms with Gasteiger partial charge in [0.1, 0.15) is 40.3 Å². The summed E-state index contributed by atoms with van der Waals surface area (Å²) in [5.41, 5.74) is 5.99. The van der Waals surface area contributed by atoms with Gasteiger partial charge in [0.15, 0.2) is 0 Å². The minimum atomic E-state index is -0.642. The van der Waals surface area contributed by atoms with Crippen molar-refractivity contribution in [3.05, 3.63) is 83.9 Å². The van der Waals surface area contributed by atoms with Crippen LogP contribution in [0, 0.1) is 17.2 Å². The SMILES string of the molecule is N#CC(=CC1CC1)C(=O)N1CC2C1CN2c1ccc(C(N)=O)c(Oc2ccc(Oc3ccccc3)cc2)n1. The number of pyridine rings is 1. The van der Waals surface area contributed by atoms with E-state index in [1.807, 2.05) is 30.3 Å². The Morgan fingerprint density at radius 1 is 0.921 bits per heavy atom. The Kier molecular flexibility index (Phi) is 5.92. The molecular weight excluding hydrogens is 482 g/mol. The number of nitrogens with two attached hydrogens (primary N) is 1. The van der Waals surface area contributed by atoms with Crippen molar-refractivity contribution in [2.45, 2.75) is 24.9 Å². The Bertz CT molecular complexity index is 1460. The third-order valence-electron chi connectivity index (χ3n) is 7.07. The van der Waals surface area contributed by atoms with Gasteiger partial charge in [0.05, 0.1) is 12.1 Å². The van der Waals surface area contributed by atoms with Crippen LogP contribution >= 0.6 is 0 Å². The van der Waals surface area contributed by atoms with Gasteiger partial charge in [0.25, 0.3) is 11.8 Å². The van der Waals surface area contributed by atoms with Crippen molar-refractivity contribution < 1.29 is 19.1 Å². The summed E-state index contributed by atoms with van der Waals surface area (Å²) in [6.45, 7) is 1.11. The van der Waals surface area contributed by atoms with Crippen LogP contribution in [0.25, 0.3) is 0 Å². The van der Waals surface area contributed by atoms with Crippen LogP contribution in [0.2, 0.25) is 0 Å². The number of ether oxygens (including phenoxy) is 2. The summed E-state index contributed by atoms with van der Waals surface area (Å²) < 4.78 is 11.8. The van der Waals surface area contributed by atoms with Crippen LogP contribution in [-0.2, 0) is 4.79 Å². The van der Waals surface area contributed by atoms with E-state index in [9.17, 15) is 14.9 Å². The van der Waals surface area contributed by atoms with Gasteiger partial charge in [0.2, 0.25) is 5.88 Å². The Labute approximate surface area is 219 Å². The summed E-state index contributed by atoms with van der Waals surface area (Å²) in [5.74, 6) is 2.12. The van der Waals surface area contributed by atoms with Crippen molar-refractivity contribution in [3.8, 4) is 29.2 Å². The van der Waals surface area contributed by atoms with Crippen molar-refractivity contribution in [3.63, 3.8) is 0 Å². The Hall–Kier alpha value is -4.84. The first-order chi connectivity index (χ1) is 18.5. The number of nitrogens with zero attached hydrogens (tertiary/aromatic N) is 4. The number of hydrogen-bond acceptors (Lipinski definition) is 7. The van der Waals surface area contributed by atoms with Crippen molar-refractivity contribution >= 4 is 17.6 Å². The number of primary amides is 1. The lowest BCUT2D eigenvalue weighted by molar-refractivity contribution is -0.138. The van der Waals surface area contributed by atoms with E-state index in [2.05, 4.69) is 16.0 Å². The van der Waals surface area contributed by atoms with E-state index < -0.39 is 5.91 Å². The van der Waals surface area contributed by atoms with E-state index in [0.29, 0.717) is 36.3 Å². The zero-order chi connectivity index (χ0) is 26.2. The van der Waals surface area contributed by atoms with Crippen molar-refractivity contribution in [1.82, 2.24) is 9.88 Å². The molecule has 1 aliphatic carbocycles. The number of likely N-dealkylation sites (tertiary alicyclic amines) is 1. The normalized spacial score (nSPS) is 19.9. The minimum Gasteiger partial charge on any atom is -0.457 e. The summed E-state index contributed by atoms with van der Waals surface area (Å²) in [4.78, 5) is 33.2. The molecule has 3 aliphatic rings. The number of anilines is 1. The average Bonchev–Trinajstić information content (AvgIpc) is 3.74. The molecule has 6 rings (SSSR count). The average molecular weight is 508 g/mol. The molecular formula is C29H25N5O4. The largest absolute Gasteiger partial charge is 0.457 e. The lowest BCUT2D eigenvalue weighted by Gasteiger charge is -2.62. The lowest BCUT2D eigenvalue weighted by Crippen LogP contribution is -2.80. The second-order valence-electron chi connectivity index (χ2n) is 9.65. The standard InChI is InChI=1S/C29H25N5O4/c30-15-19(14-18-6-7-18)29(36)34-17-24-25(34)16-33(24)26-13-12-23(27(31)35)28(32-26)38-22-10-8-21(9-11-22)37-20-4-2-1-3-5-20/h1-5,8-14,18,24-25H,6-7,16-17H2,(H2,31,35). The fourth-order valence-corrected chi connectivity index (χ4v) is 4.73. The van der Waals surface area contributed by atoms with Gasteiger partial charge < -0.3 is 25.0 Å². The second kappa shape index (κ2) is 9.56. The van der Waals surface area contributed by atoms with Crippen LogP contribution in [0.4, 0.5) is 5.82 Å². The van der Waals surface area contributed by atoms with E-state index >= 15 is 0 Å². The number of piperazine rings is 1. The highest BCUT2D eigenvalue weighted by molar-refractivity contribution is 5.98. The molecule has 0 bridgehead atoms. The number of para-hydroxylation sites is 1. The number of hydrogen-bond donors (Lipinski definition) is 1. The van der Waals surface area contributed by atoms with Gasteiger partial charge in [-0.1, -0.05) is 24.3 Å². The van der Waals surface area contributed by atoms with Gasteiger partial charge in [-0.2, -0.15) is 10.2 Å². The summed E-state index contributed by atoms with van der Waals surface area (Å²) in [6.07, 6.45) is 3.89. The molecule has 2 unspecified atom stereocenters. The van der Waals surface area contributed by atoms with Gasteiger partial charge in [-0.3, -0.25) is 9.59 Å². The molecule has 1 aromatic heterocycles.